The highest BCUT2D eigenvalue weighted by Crippen LogP contribution is 2.05. The molecule has 1 atom stereocenters. The van der Waals surface area contributed by atoms with E-state index in [1.807, 2.05) is 12.2 Å². The molecule has 0 radical (unpaired) electrons. The largest absolute Gasteiger partial charge is 0.481 e. The second-order valence-corrected chi connectivity index (χ2v) is 5.05. The van der Waals surface area contributed by atoms with Crippen LogP contribution >= 0.6 is 0 Å². The van der Waals surface area contributed by atoms with E-state index in [0.717, 1.165) is 32.1 Å². The summed E-state index contributed by atoms with van der Waals surface area (Å²) in [6.07, 6.45) is 13.9. The summed E-state index contributed by atoms with van der Waals surface area (Å²) in [5, 5.41) is 8.51. The predicted octanol–water partition coefficient (Wildman–Crippen LogP) is 5.10. The van der Waals surface area contributed by atoms with E-state index in [2.05, 4.69) is 19.9 Å². The van der Waals surface area contributed by atoms with Crippen molar-refractivity contribution in [3.05, 3.63) is 24.5 Å². The van der Waals surface area contributed by atoms with E-state index in [9.17, 15) is 9.59 Å². The van der Waals surface area contributed by atoms with Crippen molar-refractivity contribution < 1.29 is 19.4 Å². The summed E-state index contributed by atoms with van der Waals surface area (Å²) in [5.41, 5.74) is 0. The van der Waals surface area contributed by atoms with Crippen molar-refractivity contribution in [2.75, 3.05) is 0 Å². The first kappa shape index (κ1) is 22.7. The number of carboxylic acids is 1. The highest BCUT2D eigenvalue weighted by Gasteiger charge is 2.08. The van der Waals surface area contributed by atoms with Crippen molar-refractivity contribution in [1.29, 1.82) is 0 Å². The third kappa shape index (κ3) is 18.4. The Morgan fingerprint density at radius 1 is 1.09 bits per heavy atom. The topological polar surface area (TPSA) is 63.6 Å². The second-order valence-electron chi connectivity index (χ2n) is 5.05. The average molecular weight is 312 g/mol. The van der Waals surface area contributed by atoms with Gasteiger partial charge in [-0.05, 0) is 38.2 Å². The number of unbranched alkanes of at least 4 members (excludes halogenated alkanes) is 2. The first-order valence-electron chi connectivity index (χ1n) is 8.21. The van der Waals surface area contributed by atoms with E-state index in [0.29, 0.717) is 6.42 Å². The Morgan fingerprint density at radius 2 is 1.77 bits per heavy atom. The van der Waals surface area contributed by atoms with Gasteiger partial charge in [0.25, 0.3) is 0 Å². The average Bonchev–Trinajstić information content (AvgIpc) is 2.51. The van der Waals surface area contributed by atoms with Crippen molar-refractivity contribution in [3.63, 3.8) is 0 Å². The second kappa shape index (κ2) is 17.5. The summed E-state index contributed by atoms with van der Waals surface area (Å²) in [4.78, 5) is 20.9. The Kier molecular flexibility index (Phi) is 18.0. The van der Waals surface area contributed by atoms with E-state index in [-0.39, 0.29) is 11.9 Å². The van der Waals surface area contributed by atoms with Crippen LogP contribution in [0.4, 0.5) is 0 Å². The highest BCUT2D eigenvalue weighted by molar-refractivity contribution is 5.69. The third-order valence-corrected chi connectivity index (χ3v) is 2.90. The molecule has 1 unspecified atom stereocenters. The maximum absolute atomic E-state index is 10.6. The Morgan fingerprint density at radius 3 is 2.27 bits per heavy atom. The summed E-state index contributed by atoms with van der Waals surface area (Å²) in [6, 6.07) is 0. The number of carboxylic acid groups (broad SMARTS) is 1. The van der Waals surface area contributed by atoms with E-state index in [1.165, 1.54) is 12.7 Å². The smallest absolute Gasteiger partial charge is 0.310 e. The fourth-order valence-electron chi connectivity index (χ4n) is 1.35. The Labute approximate surface area is 135 Å². The molecule has 0 saturated heterocycles. The maximum Gasteiger partial charge on any atom is 0.310 e. The molecule has 0 aromatic rings. The van der Waals surface area contributed by atoms with Crippen LogP contribution in [0.1, 0.15) is 72.6 Å². The number of allylic oxidation sites excluding steroid dienone is 3. The minimum Gasteiger partial charge on any atom is -0.481 e. The molecule has 22 heavy (non-hydrogen) atoms. The van der Waals surface area contributed by atoms with Crippen LogP contribution in [-0.2, 0) is 14.3 Å². The molecular weight excluding hydrogens is 280 g/mol. The monoisotopic (exact) mass is 312 g/mol. The molecule has 4 heteroatoms. The van der Waals surface area contributed by atoms with E-state index in [4.69, 9.17) is 9.84 Å². The molecule has 0 aliphatic rings. The Bertz CT molecular complexity index is 332. The van der Waals surface area contributed by atoms with Crippen LogP contribution in [0.15, 0.2) is 24.5 Å². The summed E-state index contributed by atoms with van der Waals surface area (Å²) in [5.74, 6) is -1.08. The number of ether oxygens (including phenoxy) is 1. The number of carbonyl (C=O) groups excluding carboxylic acids is 1. The lowest BCUT2D eigenvalue weighted by Crippen LogP contribution is -2.08. The van der Waals surface area contributed by atoms with Crippen LogP contribution in [0.3, 0.4) is 0 Å². The number of hydrogen-bond acceptors (Lipinski definition) is 3. The fraction of sp³-hybridized carbons (Fsp3) is 0.667. The van der Waals surface area contributed by atoms with Gasteiger partial charge in [-0.25, -0.2) is 0 Å². The normalized spacial score (nSPS) is 12.0. The molecule has 4 nitrogen and oxygen atoms in total. The number of hydrogen-bond donors (Lipinski definition) is 1. The van der Waals surface area contributed by atoms with Crippen LogP contribution < -0.4 is 0 Å². The summed E-state index contributed by atoms with van der Waals surface area (Å²) in [7, 11) is 0. The molecule has 0 aromatic carbocycles. The van der Waals surface area contributed by atoms with Gasteiger partial charge >= 0.3 is 11.9 Å². The van der Waals surface area contributed by atoms with E-state index >= 15 is 0 Å². The molecule has 0 amide bonds. The van der Waals surface area contributed by atoms with Crippen molar-refractivity contribution in [3.8, 4) is 0 Å². The van der Waals surface area contributed by atoms with Crippen molar-refractivity contribution in [1.82, 2.24) is 0 Å². The lowest BCUT2D eigenvalue weighted by molar-refractivity contribution is -0.141. The molecule has 0 aliphatic heterocycles. The Hall–Kier alpha value is -1.58. The van der Waals surface area contributed by atoms with Crippen LogP contribution in [0, 0.1) is 5.92 Å². The molecule has 0 fully saturated rings. The number of aliphatic carboxylic acids is 1. The minimum absolute atomic E-state index is 0.169. The molecule has 0 rings (SSSR count). The number of carbonyl (C=O) groups is 2. The predicted molar refractivity (Wildman–Crippen MR) is 90.5 cm³/mol. The molecule has 1 N–H and O–H groups in total. The molecule has 128 valence electrons. The van der Waals surface area contributed by atoms with Gasteiger partial charge in [0.2, 0.25) is 0 Å². The van der Waals surface area contributed by atoms with Crippen LogP contribution in [-0.4, -0.2) is 17.0 Å². The number of esters is 1. The van der Waals surface area contributed by atoms with Gasteiger partial charge in [0.05, 0.1) is 12.2 Å². The van der Waals surface area contributed by atoms with Crippen molar-refractivity contribution in [2.24, 2.45) is 5.92 Å². The van der Waals surface area contributed by atoms with Gasteiger partial charge in [-0.3, -0.25) is 9.59 Å². The van der Waals surface area contributed by atoms with Gasteiger partial charge in [0.1, 0.15) is 0 Å². The van der Waals surface area contributed by atoms with Crippen LogP contribution in [0.25, 0.3) is 0 Å². The minimum atomic E-state index is -0.699. The quantitative estimate of drug-likeness (QED) is 0.264. The Balaban J connectivity index is 0. The summed E-state index contributed by atoms with van der Waals surface area (Å²) >= 11 is 0. The van der Waals surface area contributed by atoms with E-state index < -0.39 is 5.97 Å². The van der Waals surface area contributed by atoms with Gasteiger partial charge in [-0.15, -0.1) is 0 Å². The highest BCUT2D eigenvalue weighted by atomic mass is 16.5. The van der Waals surface area contributed by atoms with E-state index in [1.54, 1.807) is 13.8 Å². The third-order valence-electron chi connectivity index (χ3n) is 2.90. The zero-order chi connectivity index (χ0) is 17.2. The maximum atomic E-state index is 10.6. The van der Waals surface area contributed by atoms with Crippen LogP contribution in [0.2, 0.25) is 0 Å². The van der Waals surface area contributed by atoms with Gasteiger partial charge in [-0.2, -0.15) is 0 Å². The summed E-state index contributed by atoms with van der Waals surface area (Å²) < 4.78 is 4.72. The van der Waals surface area contributed by atoms with Gasteiger partial charge in [0.15, 0.2) is 0 Å². The summed E-state index contributed by atoms with van der Waals surface area (Å²) in [6.45, 7) is 7.72. The molecular formula is C18H32O4. The van der Waals surface area contributed by atoms with Crippen LogP contribution in [0.5, 0.6) is 0 Å². The van der Waals surface area contributed by atoms with Crippen molar-refractivity contribution >= 4 is 11.9 Å². The zero-order valence-corrected chi connectivity index (χ0v) is 14.5. The lowest BCUT2D eigenvalue weighted by atomic mass is 10.1. The molecule has 0 heterocycles. The molecule has 0 aliphatic carbocycles. The number of rotatable bonds is 10. The van der Waals surface area contributed by atoms with Gasteiger partial charge in [0, 0.05) is 6.42 Å². The first-order chi connectivity index (χ1) is 10.5. The fourth-order valence-corrected chi connectivity index (χ4v) is 1.35. The molecule has 0 saturated carbocycles. The zero-order valence-electron chi connectivity index (χ0n) is 14.5. The lowest BCUT2D eigenvalue weighted by Gasteiger charge is -2.01. The molecule has 0 spiro atoms. The van der Waals surface area contributed by atoms with Gasteiger partial charge in [-0.1, -0.05) is 46.3 Å². The van der Waals surface area contributed by atoms with Gasteiger partial charge < -0.3 is 9.84 Å². The molecule has 0 aromatic heterocycles. The van der Waals surface area contributed by atoms with Crippen molar-refractivity contribution in [2.45, 2.75) is 72.6 Å². The SMILES string of the molecule is CC/C=C\CCC(C)C(=O)O.CCCCC=COC(=O)CC. The standard InChI is InChI=1S/2C9H16O2/c1-3-4-5-6-7-8(2)9(10)11;1-3-5-6-7-8-11-9(10)4-2/h4-5,8H,3,6-7H2,1-2H3,(H,10,11);7-8H,3-6H2,1-2H3/b5-4-;. The molecule has 0 bridgehead atoms. The first-order valence-corrected chi connectivity index (χ1v) is 8.21.